The molecule has 1 aromatic rings. The van der Waals surface area contributed by atoms with Crippen LogP contribution < -0.4 is 5.43 Å². The Kier molecular flexibility index (Phi) is 2.65. The molecule has 1 amide bonds. The average molecular weight is 315 g/mol. The van der Waals surface area contributed by atoms with Crippen molar-refractivity contribution in [1.82, 2.24) is 10.4 Å². The lowest BCUT2D eigenvalue weighted by molar-refractivity contribution is 0.0684. The van der Waals surface area contributed by atoms with Crippen molar-refractivity contribution in [2.45, 2.75) is 56.4 Å². The Morgan fingerprint density at radius 3 is 2.45 bits per heavy atom. The van der Waals surface area contributed by atoms with E-state index < -0.39 is 8.07 Å². The summed E-state index contributed by atoms with van der Waals surface area (Å²) in [6.07, 6.45) is 3.87. The summed E-state index contributed by atoms with van der Waals surface area (Å²) >= 11 is 0. The molecule has 3 nitrogen and oxygen atoms in total. The maximum absolute atomic E-state index is 12.8. The van der Waals surface area contributed by atoms with Crippen LogP contribution in [0.4, 0.5) is 0 Å². The quantitative estimate of drug-likeness (QED) is 0.845. The predicted molar refractivity (Wildman–Crippen MR) is 91.3 cm³/mol. The Bertz CT molecular complexity index is 640. The van der Waals surface area contributed by atoms with Crippen LogP contribution in [-0.4, -0.2) is 31.1 Å². The van der Waals surface area contributed by atoms with Gasteiger partial charge < -0.3 is 0 Å². The number of hydrazine groups is 1. The van der Waals surface area contributed by atoms with Gasteiger partial charge in [0, 0.05) is 23.1 Å². The molecule has 4 rings (SSSR count). The minimum atomic E-state index is -1.24. The largest absolute Gasteiger partial charge is 0.273 e. The molecule has 1 N–H and O–H groups in total. The molecule has 3 aliphatic rings. The first-order chi connectivity index (χ1) is 10.2. The van der Waals surface area contributed by atoms with E-state index in [0.29, 0.717) is 10.5 Å². The van der Waals surface area contributed by atoms with Crippen LogP contribution in [0.5, 0.6) is 0 Å². The van der Waals surface area contributed by atoms with Crippen molar-refractivity contribution in [2.24, 2.45) is 5.41 Å². The van der Waals surface area contributed by atoms with Gasteiger partial charge in [0.05, 0.1) is 8.07 Å². The van der Waals surface area contributed by atoms with Gasteiger partial charge in [-0.3, -0.25) is 9.80 Å². The summed E-state index contributed by atoms with van der Waals surface area (Å²) in [7, 11) is -1.24. The molecule has 118 valence electrons. The fourth-order valence-corrected chi connectivity index (χ4v) is 9.09. The van der Waals surface area contributed by atoms with Crippen molar-refractivity contribution in [1.29, 1.82) is 0 Å². The van der Waals surface area contributed by atoms with E-state index >= 15 is 0 Å². The van der Waals surface area contributed by atoms with E-state index in [4.69, 9.17) is 0 Å². The second-order valence-electron chi connectivity index (χ2n) is 8.79. The van der Waals surface area contributed by atoms with Crippen LogP contribution in [0.15, 0.2) is 30.3 Å². The Morgan fingerprint density at radius 1 is 1.18 bits per heavy atom. The highest BCUT2D eigenvalue weighted by atomic mass is 28.3. The maximum Gasteiger partial charge on any atom is 0.267 e. The van der Waals surface area contributed by atoms with Crippen LogP contribution in [0.25, 0.3) is 0 Å². The van der Waals surface area contributed by atoms with Crippen LogP contribution in [0.1, 0.15) is 36.5 Å². The van der Waals surface area contributed by atoms with Gasteiger partial charge in [0.25, 0.3) is 5.91 Å². The van der Waals surface area contributed by atoms with Crippen molar-refractivity contribution in [3.63, 3.8) is 0 Å². The highest BCUT2D eigenvalue weighted by molar-refractivity contribution is 6.80. The number of carbonyl (C=O) groups is 1. The molecule has 0 unspecified atom stereocenters. The monoisotopic (exact) mass is 314 g/mol. The fourth-order valence-electron chi connectivity index (χ4n) is 5.59. The summed E-state index contributed by atoms with van der Waals surface area (Å²) in [4.78, 5) is 12.8. The summed E-state index contributed by atoms with van der Waals surface area (Å²) in [6, 6.07) is 9.66. The molecular formula is C18H26N2OSi. The summed E-state index contributed by atoms with van der Waals surface area (Å²) in [5.41, 5.74) is 4.84. The van der Waals surface area contributed by atoms with Crippen molar-refractivity contribution < 1.29 is 4.79 Å². The molecule has 2 saturated carbocycles. The van der Waals surface area contributed by atoms with Crippen LogP contribution in [0.2, 0.25) is 24.7 Å². The lowest BCUT2D eigenvalue weighted by Crippen LogP contribution is -2.47. The van der Waals surface area contributed by atoms with Gasteiger partial charge in [-0.1, -0.05) is 37.8 Å². The molecule has 22 heavy (non-hydrogen) atoms. The molecule has 1 heterocycles. The topological polar surface area (TPSA) is 32.3 Å². The molecule has 0 bridgehead atoms. The van der Waals surface area contributed by atoms with E-state index in [1.165, 1.54) is 19.3 Å². The van der Waals surface area contributed by atoms with E-state index in [1.807, 2.05) is 35.3 Å². The molecule has 3 fully saturated rings. The van der Waals surface area contributed by atoms with Gasteiger partial charge in [-0.2, -0.15) is 0 Å². The number of hydrogen-bond donors (Lipinski definition) is 1. The molecular weight excluding hydrogens is 288 g/mol. The fraction of sp³-hybridized carbons (Fsp3) is 0.611. The molecule has 0 radical (unpaired) electrons. The lowest BCUT2D eigenvalue weighted by Gasteiger charge is -2.31. The van der Waals surface area contributed by atoms with Crippen molar-refractivity contribution in [3.05, 3.63) is 35.9 Å². The minimum Gasteiger partial charge on any atom is -0.273 e. The maximum atomic E-state index is 12.8. The second-order valence-corrected chi connectivity index (χ2v) is 14.2. The molecule has 1 aromatic carbocycles. The number of nitrogens with one attached hydrogen (secondary N) is 1. The van der Waals surface area contributed by atoms with Gasteiger partial charge in [0.2, 0.25) is 0 Å². The highest BCUT2D eigenvalue weighted by Gasteiger charge is 2.84. The zero-order chi connectivity index (χ0) is 15.8. The Hall–Kier alpha value is -1.13. The lowest BCUT2D eigenvalue weighted by atomic mass is 9.86. The third-order valence-electron chi connectivity index (χ3n) is 7.01. The Balaban J connectivity index is 1.64. The first kappa shape index (κ1) is 14.5. The van der Waals surface area contributed by atoms with Gasteiger partial charge in [0.1, 0.15) is 0 Å². The van der Waals surface area contributed by atoms with Crippen molar-refractivity contribution in [2.75, 3.05) is 6.54 Å². The SMILES string of the molecule is C[C@]12CC[C@]3([Si](C)(C)C)C[C@@]31CN(C(=O)c1ccccc1)N2. The molecule has 4 heteroatoms. The summed E-state index contributed by atoms with van der Waals surface area (Å²) in [5.74, 6) is 0.127. The van der Waals surface area contributed by atoms with Crippen molar-refractivity contribution in [3.8, 4) is 0 Å². The number of amides is 1. The van der Waals surface area contributed by atoms with E-state index in [9.17, 15) is 4.79 Å². The van der Waals surface area contributed by atoms with Gasteiger partial charge >= 0.3 is 0 Å². The van der Waals surface area contributed by atoms with Gasteiger partial charge in [0.15, 0.2) is 0 Å². The number of carbonyl (C=O) groups excluding carboxylic acids is 1. The van der Waals surface area contributed by atoms with Crippen LogP contribution in [-0.2, 0) is 0 Å². The molecule has 1 aliphatic heterocycles. The molecule has 0 aromatic heterocycles. The van der Waals surface area contributed by atoms with Crippen LogP contribution in [0, 0.1) is 5.41 Å². The Morgan fingerprint density at radius 2 is 1.86 bits per heavy atom. The van der Waals surface area contributed by atoms with Crippen molar-refractivity contribution >= 4 is 14.0 Å². The first-order valence-corrected chi connectivity index (χ1v) is 11.9. The highest BCUT2D eigenvalue weighted by Crippen LogP contribution is 2.86. The summed E-state index contributed by atoms with van der Waals surface area (Å²) in [6.45, 7) is 10.8. The number of benzene rings is 1. The van der Waals surface area contributed by atoms with Gasteiger partial charge in [-0.15, -0.1) is 0 Å². The van der Waals surface area contributed by atoms with E-state index in [-0.39, 0.29) is 11.4 Å². The molecule has 2 aliphatic carbocycles. The van der Waals surface area contributed by atoms with E-state index in [0.717, 1.165) is 12.1 Å². The number of hydrogen-bond acceptors (Lipinski definition) is 2. The Labute approximate surface area is 134 Å². The second kappa shape index (κ2) is 4.03. The number of rotatable bonds is 2. The summed E-state index contributed by atoms with van der Waals surface area (Å²) < 4.78 is 0. The average Bonchev–Trinajstić information content (AvgIpc) is 2.95. The van der Waals surface area contributed by atoms with Gasteiger partial charge in [-0.25, -0.2) is 5.43 Å². The first-order valence-electron chi connectivity index (χ1n) is 8.40. The van der Waals surface area contributed by atoms with E-state index in [2.05, 4.69) is 32.0 Å². The minimum absolute atomic E-state index is 0.109. The third-order valence-corrected chi connectivity index (χ3v) is 10.8. The summed E-state index contributed by atoms with van der Waals surface area (Å²) in [5, 5.41) is 2.45. The standard InChI is InChI=1S/C18H26N2OSi/c1-16-10-11-18(22(2,3)4)12-17(16,18)13-20(19-16)15(21)14-8-6-5-7-9-14/h5-9,19H,10-13H2,1-4H3/t16-,17-,18-/m0/s1. The molecule has 1 spiro atoms. The van der Waals surface area contributed by atoms with E-state index in [1.54, 1.807) is 0 Å². The third kappa shape index (κ3) is 1.52. The van der Waals surface area contributed by atoms with Crippen LogP contribution in [0.3, 0.4) is 0 Å². The van der Waals surface area contributed by atoms with Crippen LogP contribution >= 0.6 is 0 Å². The van der Waals surface area contributed by atoms with Gasteiger partial charge in [-0.05, 0) is 43.4 Å². The zero-order valence-corrected chi connectivity index (χ0v) is 15.1. The predicted octanol–water partition coefficient (Wildman–Crippen LogP) is 3.67. The smallest absolute Gasteiger partial charge is 0.267 e. The zero-order valence-electron chi connectivity index (χ0n) is 14.1. The molecule has 3 atom stereocenters. The normalized spacial score (nSPS) is 39.5. The number of nitrogens with zero attached hydrogens (tertiary/aromatic N) is 1. The molecule has 1 saturated heterocycles.